The predicted octanol–water partition coefficient (Wildman–Crippen LogP) is 8.73. The van der Waals surface area contributed by atoms with Gasteiger partial charge in [-0.2, -0.15) is 0 Å². The second kappa shape index (κ2) is 10.6. The fourth-order valence-corrected chi connectivity index (χ4v) is 5.96. The molecule has 0 amide bonds. The summed E-state index contributed by atoms with van der Waals surface area (Å²) >= 11 is 0. The number of fused-ring (bicyclic) bond motifs is 1. The van der Waals surface area contributed by atoms with Crippen molar-refractivity contribution < 1.29 is 4.65 Å². The number of rotatable bonds is 5. The van der Waals surface area contributed by atoms with Crippen LogP contribution in [0.15, 0.2) is 121 Å². The van der Waals surface area contributed by atoms with Crippen molar-refractivity contribution in [3.05, 3.63) is 121 Å². The molecule has 43 heavy (non-hydrogen) atoms. The summed E-state index contributed by atoms with van der Waals surface area (Å²) < 4.78 is 6.70. The molecule has 2 heterocycles. The Hall–Kier alpha value is -4.61. The molecule has 210 valence electrons. The molecule has 5 heteroatoms. The minimum absolute atomic E-state index is 0.0483. The van der Waals surface area contributed by atoms with Crippen LogP contribution in [0.3, 0.4) is 0 Å². The summed E-state index contributed by atoms with van der Waals surface area (Å²) in [6.07, 6.45) is 0.985. The summed E-state index contributed by atoms with van der Waals surface area (Å²) in [6, 6.07) is 42.0. The molecular weight excluding hydrogens is 525 g/mol. The van der Waals surface area contributed by atoms with Crippen LogP contribution in [-0.2, 0) is 4.65 Å². The maximum absolute atomic E-state index is 6.70. The van der Waals surface area contributed by atoms with Crippen molar-refractivity contribution in [1.29, 1.82) is 0 Å². The first-order chi connectivity index (χ1) is 20.8. The van der Waals surface area contributed by atoms with Crippen LogP contribution < -0.4 is 5.46 Å². The van der Waals surface area contributed by atoms with Gasteiger partial charge in [0, 0.05) is 16.7 Å². The molecule has 0 unspecified atom stereocenters. The van der Waals surface area contributed by atoms with Gasteiger partial charge in [0.15, 0.2) is 17.5 Å². The topological polar surface area (TPSA) is 47.9 Å². The predicted molar refractivity (Wildman–Crippen MR) is 178 cm³/mol. The Morgan fingerprint density at radius 3 is 1.56 bits per heavy atom. The molecule has 0 radical (unpaired) electrons. The number of hydrogen-bond acceptors (Lipinski definition) is 4. The molecule has 0 N–H and O–H groups in total. The van der Waals surface area contributed by atoms with E-state index >= 15 is 0 Å². The molecule has 1 aromatic heterocycles. The van der Waals surface area contributed by atoms with E-state index in [0.29, 0.717) is 17.5 Å². The summed E-state index contributed by atoms with van der Waals surface area (Å²) in [6.45, 7) is 9.10. The SMILES string of the molecule is CC1(C)CB(c2cc(-c3ccc(-c4nc(-c5ccccc5)nc(-c5ccccc5)n4)cc3)cc3ccccc23)OC1(C)C. The third kappa shape index (κ3) is 5.15. The van der Waals surface area contributed by atoms with Gasteiger partial charge in [0.1, 0.15) is 0 Å². The number of nitrogens with zero attached hydrogens (tertiary/aromatic N) is 3. The minimum atomic E-state index is -0.196. The van der Waals surface area contributed by atoms with E-state index < -0.39 is 0 Å². The van der Waals surface area contributed by atoms with Gasteiger partial charge < -0.3 is 4.65 Å². The van der Waals surface area contributed by atoms with E-state index in [0.717, 1.165) is 28.6 Å². The fourth-order valence-electron chi connectivity index (χ4n) is 5.96. The summed E-state index contributed by atoms with van der Waals surface area (Å²) in [5.74, 6) is 1.98. The smallest absolute Gasteiger partial charge is 0.328 e. The van der Waals surface area contributed by atoms with Crippen molar-refractivity contribution in [3.8, 4) is 45.3 Å². The van der Waals surface area contributed by atoms with Crippen LogP contribution in [0.5, 0.6) is 0 Å². The minimum Gasteiger partial charge on any atom is -0.426 e. The quantitative estimate of drug-likeness (QED) is 0.198. The van der Waals surface area contributed by atoms with Gasteiger partial charge in [0.05, 0.1) is 5.60 Å². The highest BCUT2D eigenvalue weighted by atomic mass is 16.5. The van der Waals surface area contributed by atoms with Crippen LogP contribution in [0.4, 0.5) is 0 Å². The highest BCUT2D eigenvalue weighted by Crippen LogP contribution is 2.45. The molecule has 7 rings (SSSR count). The summed E-state index contributed by atoms with van der Waals surface area (Å²) in [7, 11) is 0. The van der Waals surface area contributed by atoms with Crippen LogP contribution >= 0.6 is 0 Å². The van der Waals surface area contributed by atoms with Crippen molar-refractivity contribution in [2.75, 3.05) is 0 Å². The number of hydrogen-bond donors (Lipinski definition) is 0. The summed E-state index contributed by atoms with van der Waals surface area (Å²) in [5.41, 5.74) is 6.34. The number of aromatic nitrogens is 3. The van der Waals surface area contributed by atoms with E-state index in [1.165, 1.54) is 21.8 Å². The Morgan fingerprint density at radius 1 is 0.535 bits per heavy atom. The van der Waals surface area contributed by atoms with E-state index in [4.69, 9.17) is 19.6 Å². The van der Waals surface area contributed by atoms with Gasteiger partial charge in [-0.3, -0.25) is 0 Å². The summed E-state index contributed by atoms with van der Waals surface area (Å²) in [5, 5.41) is 2.48. The molecule has 0 bridgehead atoms. The zero-order chi connectivity index (χ0) is 29.6. The maximum Gasteiger partial charge on any atom is 0.328 e. The van der Waals surface area contributed by atoms with Crippen LogP contribution in [0.25, 0.3) is 56.1 Å². The van der Waals surface area contributed by atoms with Crippen LogP contribution in [0.2, 0.25) is 6.32 Å². The molecule has 0 spiro atoms. The second-order valence-electron chi connectivity index (χ2n) is 12.6. The Kier molecular flexibility index (Phi) is 6.71. The first-order valence-electron chi connectivity index (χ1n) is 15.0. The Labute approximate surface area is 254 Å². The van der Waals surface area contributed by atoms with E-state index in [1.54, 1.807) is 0 Å². The molecule has 4 nitrogen and oxygen atoms in total. The highest BCUT2D eigenvalue weighted by Gasteiger charge is 2.50. The lowest BCUT2D eigenvalue weighted by Crippen LogP contribution is -2.36. The molecule has 5 aromatic carbocycles. The van der Waals surface area contributed by atoms with Gasteiger partial charge in [-0.1, -0.05) is 129 Å². The zero-order valence-electron chi connectivity index (χ0n) is 25.1. The Morgan fingerprint density at radius 2 is 1.02 bits per heavy atom. The van der Waals surface area contributed by atoms with Crippen molar-refractivity contribution in [1.82, 2.24) is 15.0 Å². The van der Waals surface area contributed by atoms with Crippen molar-refractivity contribution in [2.24, 2.45) is 5.41 Å². The molecule has 1 aliphatic heterocycles. The molecule has 1 fully saturated rings. The molecule has 6 aromatic rings. The third-order valence-electron chi connectivity index (χ3n) is 9.18. The highest BCUT2D eigenvalue weighted by molar-refractivity contribution is 6.71. The molecule has 1 saturated heterocycles. The van der Waals surface area contributed by atoms with Crippen molar-refractivity contribution in [2.45, 2.75) is 39.6 Å². The monoisotopic (exact) mass is 559 g/mol. The lowest BCUT2D eigenvalue weighted by Gasteiger charge is -2.34. The van der Waals surface area contributed by atoms with Gasteiger partial charge in [0.25, 0.3) is 0 Å². The first kappa shape index (κ1) is 27.2. The van der Waals surface area contributed by atoms with Gasteiger partial charge in [-0.15, -0.1) is 0 Å². The number of benzene rings is 5. The maximum atomic E-state index is 6.70. The zero-order valence-corrected chi connectivity index (χ0v) is 25.1. The van der Waals surface area contributed by atoms with E-state index in [1.807, 2.05) is 60.7 Å². The largest absolute Gasteiger partial charge is 0.426 e. The second-order valence-corrected chi connectivity index (χ2v) is 12.6. The van der Waals surface area contributed by atoms with E-state index in [2.05, 4.69) is 88.4 Å². The van der Waals surface area contributed by atoms with Gasteiger partial charge in [0.2, 0.25) is 0 Å². The lowest BCUT2D eigenvalue weighted by atomic mass is 9.53. The molecule has 1 aliphatic rings. The summed E-state index contributed by atoms with van der Waals surface area (Å²) in [4.78, 5) is 14.6. The van der Waals surface area contributed by atoms with Crippen molar-refractivity contribution in [3.63, 3.8) is 0 Å². The van der Waals surface area contributed by atoms with Gasteiger partial charge in [-0.05, 0) is 59.0 Å². The average molecular weight is 560 g/mol. The molecule has 0 aliphatic carbocycles. The molecule has 0 saturated carbocycles. The Bertz CT molecular complexity index is 1850. The Balaban J connectivity index is 1.29. The first-order valence-corrected chi connectivity index (χ1v) is 15.0. The lowest BCUT2D eigenvalue weighted by molar-refractivity contribution is 0.0376. The van der Waals surface area contributed by atoms with Crippen LogP contribution in [-0.4, -0.2) is 27.5 Å². The normalized spacial score (nSPS) is 15.6. The third-order valence-corrected chi connectivity index (χ3v) is 9.18. The van der Waals surface area contributed by atoms with E-state index in [9.17, 15) is 0 Å². The average Bonchev–Trinajstić information content (AvgIpc) is 3.27. The molecule has 0 atom stereocenters. The van der Waals surface area contributed by atoms with E-state index in [-0.39, 0.29) is 17.9 Å². The van der Waals surface area contributed by atoms with Crippen LogP contribution in [0, 0.1) is 5.41 Å². The van der Waals surface area contributed by atoms with Crippen LogP contribution in [0.1, 0.15) is 27.7 Å². The van der Waals surface area contributed by atoms with Gasteiger partial charge in [-0.25, -0.2) is 15.0 Å². The van der Waals surface area contributed by atoms with Gasteiger partial charge >= 0.3 is 6.92 Å². The fraction of sp³-hybridized carbons (Fsp3) is 0.184. The molecular formula is C38H34BN3O. The standard InChI is InChI=1S/C38H34BN3O/c1-37(2)25-39(43-38(37,3)4)33-24-31(23-30-17-11-12-18-32(30)33)26-19-21-29(22-20-26)36-41-34(27-13-7-5-8-14-27)40-35(42-36)28-15-9-6-10-16-28/h5-24H,25H2,1-4H3. The van der Waals surface area contributed by atoms with Crippen molar-refractivity contribution >= 4 is 23.2 Å².